The Labute approximate surface area is 133 Å². The minimum Gasteiger partial charge on any atom is -0.478 e. The molecule has 0 fully saturated rings. The summed E-state index contributed by atoms with van der Waals surface area (Å²) in [5.74, 6) is -1.11. The Kier molecular flexibility index (Phi) is 3.83. The molecule has 0 radical (unpaired) electrons. The molecule has 0 saturated carbocycles. The van der Waals surface area contributed by atoms with Gasteiger partial charge in [0.05, 0.1) is 22.3 Å². The summed E-state index contributed by atoms with van der Waals surface area (Å²) >= 11 is 0. The fourth-order valence-corrected chi connectivity index (χ4v) is 4.16. The number of sulfonamides is 1. The Hall–Kier alpha value is -2.38. The van der Waals surface area contributed by atoms with Gasteiger partial charge < -0.3 is 10.2 Å². The average Bonchev–Trinajstić information content (AvgIpc) is 2.55. The van der Waals surface area contributed by atoms with Crippen LogP contribution < -0.4 is 4.31 Å². The zero-order chi connectivity index (χ0) is 16.6. The van der Waals surface area contributed by atoms with E-state index >= 15 is 0 Å². The molecule has 1 unspecified atom stereocenters. The van der Waals surface area contributed by atoms with Crippen LogP contribution in [-0.2, 0) is 10.0 Å². The van der Waals surface area contributed by atoms with Crippen molar-refractivity contribution in [3.63, 3.8) is 0 Å². The Bertz CT molecular complexity index is 845. The van der Waals surface area contributed by atoms with E-state index in [-0.39, 0.29) is 17.0 Å². The summed E-state index contributed by atoms with van der Waals surface area (Å²) in [7, 11) is -3.81. The van der Waals surface area contributed by atoms with E-state index in [9.17, 15) is 18.3 Å². The summed E-state index contributed by atoms with van der Waals surface area (Å²) < 4.78 is 26.9. The molecule has 0 aliphatic carbocycles. The maximum absolute atomic E-state index is 12.8. The predicted octanol–water partition coefficient (Wildman–Crippen LogP) is 2.02. The van der Waals surface area contributed by atoms with Crippen LogP contribution in [0.3, 0.4) is 0 Å². The average molecular weight is 333 g/mol. The van der Waals surface area contributed by atoms with Gasteiger partial charge in [-0.05, 0) is 36.8 Å². The highest BCUT2D eigenvalue weighted by Crippen LogP contribution is 2.36. The fourth-order valence-electron chi connectivity index (χ4n) is 2.66. The molecule has 23 heavy (non-hydrogen) atoms. The molecule has 3 rings (SSSR count). The Morgan fingerprint density at radius 2 is 1.74 bits per heavy atom. The van der Waals surface area contributed by atoms with Crippen molar-refractivity contribution in [2.45, 2.75) is 17.4 Å². The van der Waals surface area contributed by atoms with Crippen molar-refractivity contribution < 1.29 is 23.4 Å². The molecule has 0 bridgehead atoms. The number of aliphatic hydroxyl groups excluding tert-OH is 1. The third kappa shape index (κ3) is 2.69. The minimum atomic E-state index is -3.81. The molecule has 0 saturated heterocycles. The summed E-state index contributed by atoms with van der Waals surface area (Å²) in [5, 5.41) is 18.9. The minimum absolute atomic E-state index is 0.0219. The summed E-state index contributed by atoms with van der Waals surface area (Å²) in [5.41, 5.74) is 1.05. The first kappa shape index (κ1) is 15.5. The second-order valence-corrected chi connectivity index (χ2v) is 7.13. The summed E-state index contributed by atoms with van der Waals surface area (Å²) in [6.07, 6.45) is -0.379. The molecule has 2 aromatic carbocycles. The monoisotopic (exact) mass is 333 g/mol. The van der Waals surface area contributed by atoms with Crippen LogP contribution in [0.25, 0.3) is 0 Å². The lowest BCUT2D eigenvalue weighted by atomic mass is 10.0. The molecule has 6 nitrogen and oxygen atoms in total. The number of carbonyl (C=O) groups is 1. The number of anilines is 1. The molecule has 0 aromatic heterocycles. The van der Waals surface area contributed by atoms with Gasteiger partial charge in [-0.25, -0.2) is 13.2 Å². The van der Waals surface area contributed by atoms with Crippen LogP contribution in [0.2, 0.25) is 0 Å². The second kappa shape index (κ2) is 5.68. The summed E-state index contributed by atoms with van der Waals surface area (Å²) in [4.78, 5) is 10.9. The van der Waals surface area contributed by atoms with Crippen molar-refractivity contribution in [2.75, 3.05) is 10.8 Å². The number of hydrogen-bond acceptors (Lipinski definition) is 4. The number of hydrogen-bond donors (Lipinski definition) is 2. The molecule has 7 heteroatoms. The quantitative estimate of drug-likeness (QED) is 0.896. The van der Waals surface area contributed by atoms with E-state index in [1.807, 2.05) is 0 Å². The molecule has 0 amide bonds. The first-order chi connectivity index (χ1) is 10.9. The predicted molar refractivity (Wildman–Crippen MR) is 84.0 cm³/mol. The van der Waals surface area contributed by atoms with Crippen LogP contribution in [0.1, 0.15) is 28.4 Å². The Balaban J connectivity index is 2.03. The molecule has 1 aliphatic heterocycles. The van der Waals surface area contributed by atoms with E-state index in [2.05, 4.69) is 0 Å². The van der Waals surface area contributed by atoms with E-state index in [1.165, 1.54) is 28.6 Å². The van der Waals surface area contributed by atoms with Gasteiger partial charge in [-0.15, -0.1) is 0 Å². The molecule has 1 aliphatic rings. The topological polar surface area (TPSA) is 94.9 Å². The van der Waals surface area contributed by atoms with E-state index < -0.39 is 22.1 Å². The van der Waals surface area contributed by atoms with Crippen molar-refractivity contribution in [3.05, 3.63) is 59.7 Å². The number of aliphatic hydroxyl groups is 1. The van der Waals surface area contributed by atoms with Crippen LogP contribution >= 0.6 is 0 Å². The number of fused-ring (bicyclic) bond motifs is 1. The zero-order valence-corrected chi connectivity index (χ0v) is 12.9. The van der Waals surface area contributed by atoms with E-state index in [0.717, 1.165) is 0 Å². The largest absolute Gasteiger partial charge is 0.478 e. The maximum Gasteiger partial charge on any atom is 0.335 e. The van der Waals surface area contributed by atoms with Crippen molar-refractivity contribution in [1.29, 1.82) is 0 Å². The lowest BCUT2D eigenvalue weighted by Gasteiger charge is -2.32. The molecule has 1 atom stereocenters. The first-order valence-corrected chi connectivity index (χ1v) is 8.48. The first-order valence-electron chi connectivity index (χ1n) is 7.04. The highest BCUT2D eigenvalue weighted by Gasteiger charge is 2.32. The van der Waals surface area contributed by atoms with Gasteiger partial charge in [0.1, 0.15) is 0 Å². The maximum atomic E-state index is 12.8. The van der Waals surface area contributed by atoms with Crippen molar-refractivity contribution in [1.82, 2.24) is 0 Å². The van der Waals surface area contributed by atoms with E-state index in [4.69, 9.17) is 5.11 Å². The fraction of sp³-hybridized carbons (Fsp3) is 0.188. The third-order valence-electron chi connectivity index (χ3n) is 3.86. The van der Waals surface area contributed by atoms with E-state index in [0.29, 0.717) is 17.7 Å². The number of rotatable bonds is 3. The van der Waals surface area contributed by atoms with Gasteiger partial charge in [-0.3, -0.25) is 4.31 Å². The molecule has 0 spiro atoms. The highest BCUT2D eigenvalue weighted by atomic mass is 32.2. The van der Waals surface area contributed by atoms with Crippen LogP contribution in [0.4, 0.5) is 5.69 Å². The van der Waals surface area contributed by atoms with Crippen molar-refractivity contribution in [2.24, 2.45) is 0 Å². The smallest absolute Gasteiger partial charge is 0.335 e. The number of carboxylic acids is 1. The van der Waals surface area contributed by atoms with Gasteiger partial charge in [-0.2, -0.15) is 0 Å². The second-order valence-electron chi connectivity index (χ2n) is 5.27. The molecular weight excluding hydrogens is 318 g/mol. The summed E-state index contributed by atoms with van der Waals surface area (Å²) in [6.45, 7) is 0.168. The Morgan fingerprint density at radius 1 is 1.09 bits per heavy atom. The number of para-hydroxylation sites is 1. The van der Waals surface area contributed by atoms with E-state index in [1.54, 1.807) is 24.3 Å². The molecule has 120 valence electrons. The van der Waals surface area contributed by atoms with Crippen molar-refractivity contribution in [3.8, 4) is 0 Å². The van der Waals surface area contributed by atoms with Gasteiger partial charge in [0.15, 0.2) is 0 Å². The van der Waals surface area contributed by atoms with Gasteiger partial charge in [0.2, 0.25) is 0 Å². The zero-order valence-electron chi connectivity index (χ0n) is 12.1. The molecule has 2 N–H and O–H groups in total. The Morgan fingerprint density at radius 3 is 2.39 bits per heavy atom. The molecule has 2 aromatic rings. The van der Waals surface area contributed by atoms with Crippen LogP contribution in [0.5, 0.6) is 0 Å². The van der Waals surface area contributed by atoms with Gasteiger partial charge >= 0.3 is 5.97 Å². The summed E-state index contributed by atoms with van der Waals surface area (Å²) in [6, 6.07) is 11.9. The molecular formula is C16H15NO5S. The normalized spacial score (nSPS) is 17.6. The number of aromatic carboxylic acids is 1. The van der Waals surface area contributed by atoms with Crippen LogP contribution in [-0.4, -0.2) is 31.1 Å². The van der Waals surface area contributed by atoms with Gasteiger partial charge in [0, 0.05) is 12.1 Å². The van der Waals surface area contributed by atoms with Crippen LogP contribution in [0.15, 0.2) is 53.4 Å². The third-order valence-corrected chi connectivity index (χ3v) is 5.69. The lowest BCUT2D eigenvalue weighted by Crippen LogP contribution is -2.36. The van der Waals surface area contributed by atoms with Gasteiger partial charge in [-0.1, -0.05) is 18.2 Å². The lowest BCUT2D eigenvalue weighted by molar-refractivity contribution is 0.0696. The molecule has 1 heterocycles. The van der Waals surface area contributed by atoms with Gasteiger partial charge in [0.25, 0.3) is 10.0 Å². The standard InChI is InChI=1S/C16H15NO5S/c18-15-9-10-17(14-4-2-1-3-13(14)15)23(21,22)12-7-5-11(6-8-12)16(19)20/h1-8,15,18H,9-10H2,(H,19,20). The number of benzene rings is 2. The number of nitrogens with zero attached hydrogens (tertiary/aromatic N) is 1. The van der Waals surface area contributed by atoms with Crippen molar-refractivity contribution >= 4 is 21.7 Å². The van der Waals surface area contributed by atoms with Crippen LogP contribution in [0, 0.1) is 0 Å². The number of carboxylic acid groups (broad SMARTS) is 1. The SMILES string of the molecule is O=C(O)c1ccc(S(=O)(=O)N2CCC(O)c3ccccc32)cc1. The highest BCUT2D eigenvalue weighted by molar-refractivity contribution is 7.92.